The summed E-state index contributed by atoms with van der Waals surface area (Å²) in [7, 11) is 1.84. The van der Waals surface area contributed by atoms with E-state index in [1.165, 1.54) is 11.3 Å². The Balaban J connectivity index is 2.12. The third-order valence-electron chi connectivity index (χ3n) is 3.98. The van der Waals surface area contributed by atoms with Gasteiger partial charge >= 0.3 is 0 Å². The molecule has 24 heavy (non-hydrogen) atoms. The molecule has 0 aliphatic heterocycles. The molecule has 0 aliphatic carbocycles. The molecule has 0 spiro atoms. The lowest BCUT2D eigenvalue weighted by Gasteiger charge is -2.21. The highest BCUT2D eigenvalue weighted by Crippen LogP contribution is 2.34. The number of amides is 1. The Labute approximate surface area is 146 Å². The molecule has 0 unspecified atom stereocenters. The van der Waals surface area contributed by atoms with Crippen molar-refractivity contribution in [3.05, 3.63) is 65.5 Å². The molecule has 0 radical (unpaired) electrons. The zero-order chi connectivity index (χ0) is 17.1. The summed E-state index contributed by atoms with van der Waals surface area (Å²) in [5.74, 6) is 0.0172. The summed E-state index contributed by atoms with van der Waals surface area (Å²) in [4.78, 5) is 20.2. The highest BCUT2D eigenvalue weighted by Gasteiger charge is 2.23. The number of aromatic nitrogens is 1. The summed E-state index contributed by atoms with van der Waals surface area (Å²) in [5.41, 5.74) is 2.76. The smallest absolute Gasteiger partial charge is 0.266 e. The van der Waals surface area contributed by atoms with E-state index in [9.17, 15) is 4.79 Å². The van der Waals surface area contributed by atoms with Gasteiger partial charge in [0.2, 0.25) is 0 Å². The molecule has 122 valence electrons. The summed E-state index contributed by atoms with van der Waals surface area (Å²) in [6.07, 6.45) is 0. The van der Waals surface area contributed by atoms with Crippen molar-refractivity contribution >= 4 is 17.2 Å². The van der Waals surface area contributed by atoms with Crippen LogP contribution in [-0.2, 0) is 0 Å². The monoisotopic (exact) mass is 336 g/mol. The zero-order valence-electron chi connectivity index (χ0n) is 14.1. The predicted molar refractivity (Wildman–Crippen MR) is 100 cm³/mol. The van der Waals surface area contributed by atoms with Crippen LogP contribution in [0.3, 0.4) is 0 Å². The average molecular weight is 336 g/mol. The molecule has 1 heterocycles. The summed E-state index contributed by atoms with van der Waals surface area (Å²) < 4.78 is 0. The summed E-state index contributed by atoms with van der Waals surface area (Å²) in [6.45, 7) is 4.03. The molecule has 4 heteroatoms. The van der Waals surface area contributed by atoms with Gasteiger partial charge in [0.05, 0.1) is 5.69 Å². The second-order valence-corrected chi connectivity index (χ2v) is 6.94. The van der Waals surface area contributed by atoms with Crippen molar-refractivity contribution < 1.29 is 4.79 Å². The number of hydrogen-bond donors (Lipinski definition) is 0. The molecule has 3 nitrogen and oxygen atoms in total. The molecule has 0 atom stereocenters. The van der Waals surface area contributed by atoms with Gasteiger partial charge in [-0.25, -0.2) is 4.98 Å². The van der Waals surface area contributed by atoms with Gasteiger partial charge in [-0.05, 0) is 13.8 Å². The quantitative estimate of drug-likeness (QED) is 0.675. The van der Waals surface area contributed by atoms with Gasteiger partial charge in [-0.1, -0.05) is 60.7 Å². The van der Waals surface area contributed by atoms with Crippen molar-refractivity contribution in [2.45, 2.75) is 19.9 Å². The molecule has 1 amide bonds. The lowest BCUT2D eigenvalue weighted by atomic mass is 10.1. The molecule has 0 saturated carbocycles. The SMILES string of the molecule is CC(C)N(C)C(=O)c1sc(-c2ccccc2)nc1-c1ccccc1. The fraction of sp³-hybridized carbons (Fsp3) is 0.200. The highest BCUT2D eigenvalue weighted by atomic mass is 32.1. The third kappa shape index (κ3) is 3.24. The molecule has 0 N–H and O–H groups in total. The van der Waals surface area contributed by atoms with Gasteiger partial charge < -0.3 is 4.90 Å². The van der Waals surface area contributed by atoms with E-state index in [-0.39, 0.29) is 11.9 Å². The minimum Gasteiger partial charge on any atom is -0.339 e. The van der Waals surface area contributed by atoms with Gasteiger partial charge in [-0.15, -0.1) is 11.3 Å². The lowest BCUT2D eigenvalue weighted by Crippen LogP contribution is -2.32. The predicted octanol–water partition coefficient (Wildman–Crippen LogP) is 4.96. The molecule has 3 aromatic rings. The molecular weight excluding hydrogens is 316 g/mol. The fourth-order valence-electron chi connectivity index (χ4n) is 2.36. The van der Waals surface area contributed by atoms with Crippen LogP contribution in [0, 0.1) is 0 Å². The Bertz CT molecular complexity index is 825. The molecule has 0 bridgehead atoms. The first-order chi connectivity index (χ1) is 11.6. The van der Waals surface area contributed by atoms with Gasteiger partial charge in [-0.2, -0.15) is 0 Å². The van der Waals surface area contributed by atoms with E-state index in [0.29, 0.717) is 4.88 Å². The van der Waals surface area contributed by atoms with E-state index in [2.05, 4.69) is 0 Å². The standard InChI is InChI=1S/C20H20N2OS/c1-14(2)22(3)20(23)18-17(15-10-6-4-7-11-15)21-19(24-18)16-12-8-5-9-13-16/h4-14H,1-3H3. The Kier molecular flexibility index (Phi) is 4.76. The minimum atomic E-state index is 0.0172. The van der Waals surface area contributed by atoms with Crippen LogP contribution >= 0.6 is 11.3 Å². The van der Waals surface area contributed by atoms with E-state index >= 15 is 0 Å². The first kappa shape index (κ1) is 16.4. The number of thiazole rings is 1. The normalized spacial score (nSPS) is 10.8. The van der Waals surface area contributed by atoms with E-state index in [4.69, 9.17) is 4.98 Å². The molecule has 0 fully saturated rings. The number of nitrogens with zero attached hydrogens (tertiary/aromatic N) is 2. The molecule has 2 aromatic carbocycles. The van der Waals surface area contributed by atoms with Crippen LogP contribution in [0.25, 0.3) is 21.8 Å². The third-order valence-corrected chi connectivity index (χ3v) is 5.08. The zero-order valence-corrected chi connectivity index (χ0v) is 14.9. The van der Waals surface area contributed by atoms with Crippen molar-refractivity contribution in [3.8, 4) is 21.8 Å². The largest absolute Gasteiger partial charge is 0.339 e. The van der Waals surface area contributed by atoms with E-state index in [1.807, 2.05) is 81.6 Å². The molecule has 1 aromatic heterocycles. The van der Waals surface area contributed by atoms with Crippen LogP contribution in [0.2, 0.25) is 0 Å². The van der Waals surface area contributed by atoms with Crippen LogP contribution in [-0.4, -0.2) is 28.9 Å². The van der Waals surface area contributed by atoms with E-state index in [0.717, 1.165) is 21.8 Å². The van der Waals surface area contributed by atoms with Gasteiger partial charge in [0, 0.05) is 24.2 Å². The number of carbonyl (C=O) groups is 1. The Morgan fingerprint density at radius 2 is 1.50 bits per heavy atom. The van der Waals surface area contributed by atoms with Gasteiger partial charge in [0.15, 0.2) is 0 Å². The number of hydrogen-bond acceptors (Lipinski definition) is 3. The van der Waals surface area contributed by atoms with Crippen molar-refractivity contribution in [2.75, 3.05) is 7.05 Å². The first-order valence-corrected chi connectivity index (χ1v) is 8.78. The fourth-order valence-corrected chi connectivity index (χ4v) is 3.43. The van der Waals surface area contributed by atoms with Crippen LogP contribution in [0.5, 0.6) is 0 Å². The van der Waals surface area contributed by atoms with Crippen molar-refractivity contribution in [1.29, 1.82) is 0 Å². The molecule has 0 saturated heterocycles. The second-order valence-electron chi connectivity index (χ2n) is 5.94. The lowest BCUT2D eigenvalue weighted by molar-refractivity contribution is 0.0760. The maximum atomic E-state index is 12.9. The van der Waals surface area contributed by atoms with Gasteiger partial charge in [0.25, 0.3) is 5.91 Å². The average Bonchev–Trinajstić information content (AvgIpc) is 3.07. The molecule has 3 rings (SSSR count). The van der Waals surface area contributed by atoms with Crippen LogP contribution in [0.1, 0.15) is 23.5 Å². The number of rotatable bonds is 4. The molecule has 0 aliphatic rings. The Hall–Kier alpha value is -2.46. The summed E-state index contributed by atoms with van der Waals surface area (Å²) >= 11 is 1.46. The first-order valence-electron chi connectivity index (χ1n) is 7.96. The maximum Gasteiger partial charge on any atom is 0.266 e. The van der Waals surface area contributed by atoms with Crippen LogP contribution < -0.4 is 0 Å². The highest BCUT2D eigenvalue weighted by molar-refractivity contribution is 7.17. The van der Waals surface area contributed by atoms with Gasteiger partial charge in [-0.3, -0.25) is 4.79 Å². The summed E-state index contributed by atoms with van der Waals surface area (Å²) in [6, 6.07) is 20.0. The van der Waals surface area contributed by atoms with Crippen molar-refractivity contribution in [2.24, 2.45) is 0 Å². The minimum absolute atomic E-state index is 0.0172. The second kappa shape index (κ2) is 6.97. The Morgan fingerprint density at radius 1 is 0.958 bits per heavy atom. The number of carbonyl (C=O) groups excluding carboxylic acids is 1. The van der Waals surface area contributed by atoms with E-state index in [1.54, 1.807) is 4.90 Å². The van der Waals surface area contributed by atoms with Crippen LogP contribution in [0.4, 0.5) is 0 Å². The maximum absolute atomic E-state index is 12.9. The van der Waals surface area contributed by atoms with Gasteiger partial charge in [0.1, 0.15) is 9.88 Å². The Morgan fingerprint density at radius 3 is 2.04 bits per heavy atom. The topological polar surface area (TPSA) is 33.2 Å². The van der Waals surface area contributed by atoms with Crippen molar-refractivity contribution in [3.63, 3.8) is 0 Å². The number of benzene rings is 2. The van der Waals surface area contributed by atoms with E-state index < -0.39 is 0 Å². The van der Waals surface area contributed by atoms with Crippen molar-refractivity contribution in [1.82, 2.24) is 9.88 Å². The summed E-state index contributed by atoms with van der Waals surface area (Å²) in [5, 5.41) is 0.870. The van der Waals surface area contributed by atoms with Crippen LogP contribution in [0.15, 0.2) is 60.7 Å². The molecular formula is C20H20N2OS.